The lowest BCUT2D eigenvalue weighted by molar-refractivity contribution is 0.0945. The molecule has 3 aliphatic rings. The summed E-state index contributed by atoms with van der Waals surface area (Å²) < 4.78 is 0. The summed E-state index contributed by atoms with van der Waals surface area (Å²) in [5, 5.41) is 10.9. The van der Waals surface area contributed by atoms with Gasteiger partial charge in [0.15, 0.2) is 0 Å². The number of pyridine rings is 1. The molecule has 0 atom stereocenters. The van der Waals surface area contributed by atoms with Crippen molar-refractivity contribution in [2.45, 2.75) is 77.7 Å². The Morgan fingerprint density at radius 2 is 2.00 bits per heavy atom. The Hall–Kier alpha value is -3.43. The smallest absolute Gasteiger partial charge is 0.252 e. The van der Waals surface area contributed by atoms with E-state index >= 15 is 0 Å². The van der Waals surface area contributed by atoms with Crippen molar-refractivity contribution in [3.05, 3.63) is 74.9 Å². The maximum atomic E-state index is 13.1. The molecule has 0 radical (unpaired) electrons. The molecule has 0 unspecified atom stereocenters. The molecule has 1 amide bonds. The first kappa shape index (κ1) is 30.0. The van der Waals surface area contributed by atoms with Gasteiger partial charge in [-0.15, -0.1) is 11.3 Å². The van der Waals surface area contributed by atoms with Crippen LogP contribution >= 0.6 is 11.3 Å². The molecule has 3 fully saturated rings. The molecule has 2 aliphatic carbocycles. The minimum atomic E-state index is -0.0917. The topological polar surface area (TPSA) is 108 Å². The first-order valence-electron chi connectivity index (χ1n) is 15.3. The van der Waals surface area contributed by atoms with Crippen molar-refractivity contribution < 1.29 is 4.79 Å². The molecule has 2 saturated carbocycles. The van der Waals surface area contributed by atoms with Crippen LogP contribution in [0, 0.1) is 6.92 Å². The summed E-state index contributed by atoms with van der Waals surface area (Å²) in [4.78, 5) is 26.1. The van der Waals surface area contributed by atoms with E-state index in [1.165, 1.54) is 31.3 Å². The summed E-state index contributed by atoms with van der Waals surface area (Å²) in [5.41, 5.74) is 14.3. The van der Waals surface area contributed by atoms with Gasteiger partial charge in [0, 0.05) is 66.8 Å². The van der Waals surface area contributed by atoms with Gasteiger partial charge < -0.3 is 21.7 Å². The molecule has 2 aromatic rings. The van der Waals surface area contributed by atoms with Crippen LogP contribution in [0.4, 0.5) is 5.69 Å². The fourth-order valence-corrected chi connectivity index (χ4v) is 6.91. The fourth-order valence-electron chi connectivity index (χ4n) is 5.88. The molecular weight excluding hydrogens is 542 g/mol. The zero-order chi connectivity index (χ0) is 29.7. The highest BCUT2D eigenvalue weighted by atomic mass is 32.1. The summed E-state index contributed by atoms with van der Waals surface area (Å²) >= 11 is 1.63. The minimum absolute atomic E-state index is 0.0917. The number of amides is 1. The van der Waals surface area contributed by atoms with E-state index in [4.69, 9.17) is 10.7 Å². The maximum Gasteiger partial charge on any atom is 0.252 e. The maximum absolute atomic E-state index is 13.1. The number of hydrogen-bond donors (Lipinski definition) is 4. The fraction of sp³-hybridized carbons (Fsp3) is 0.485. The summed E-state index contributed by atoms with van der Waals surface area (Å²) in [6, 6.07) is 1.91. The van der Waals surface area contributed by atoms with E-state index in [1.54, 1.807) is 23.7 Å². The molecule has 224 valence electrons. The van der Waals surface area contributed by atoms with Gasteiger partial charge in [-0.1, -0.05) is 19.1 Å². The van der Waals surface area contributed by atoms with Gasteiger partial charge in [-0.3, -0.25) is 14.7 Å². The van der Waals surface area contributed by atoms with Crippen molar-refractivity contribution in [2.24, 2.45) is 5.73 Å². The molecule has 1 spiro atoms. The van der Waals surface area contributed by atoms with Gasteiger partial charge in [0.2, 0.25) is 0 Å². The number of thiazole rings is 1. The van der Waals surface area contributed by atoms with Crippen molar-refractivity contribution in [1.82, 2.24) is 25.5 Å². The lowest BCUT2D eigenvalue weighted by atomic mass is 9.88. The molecule has 5 N–H and O–H groups in total. The number of nitrogens with two attached hydrogens (primary N) is 1. The number of nitrogens with zero attached hydrogens (tertiary/aromatic N) is 3. The Morgan fingerprint density at radius 1 is 1.19 bits per heavy atom. The van der Waals surface area contributed by atoms with Crippen molar-refractivity contribution in [1.29, 1.82) is 0 Å². The molecule has 0 aromatic carbocycles. The number of rotatable bonds is 12. The second-order valence-electron chi connectivity index (χ2n) is 11.6. The van der Waals surface area contributed by atoms with Crippen LogP contribution in [0.2, 0.25) is 0 Å². The highest BCUT2D eigenvalue weighted by Crippen LogP contribution is 2.49. The van der Waals surface area contributed by atoms with Crippen LogP contribution in [0.25, 0.3) is 11.1 Å². The molecular formula is C33H45N7OS. The molecule has 42 heavy (non-hydrogen) atoms. The highest BCUT2D eigenvalue weighted by molar-refractivity contribution is 7.14. The largest absolute Gasteiger partial charge is 0.404 e. The van der Waals surface area contributed by atoms with E-state index in [1.807, 2.05) is 26.2 Å². The van der Waals surface area contributed by atoms with E-state index in [9.17, 15) is 4.79 Å². The van der Waals surface area contributed by atoms with Gasteiger partial charge in [0.25, 0.3) is 5.91 Å². The second-order valence-corrected chi connectivity index (χ2v) is 12.6. The van der Waals surface area contributed by atoms with Crippen LogP contribution in [0.1, 0.15) is 91.2 Å². The minimum Gasteiger partial charge on any atom is -0.404 e. The Morgan fingerprint density at radius 3 is 2.67 bits per heavy atom. The third kappa shape index (κ3) is 6.47. The van der Waals surface area contributed by atoms with E-state index in [-0.39, 0.29) is 5.91 Å². The Labute approximate surface area is 254 Å². The van der Waals surface area contributed by atoms with E-state index < -0.39 is 0 Å². The van der Waals surface area contributed by atoms with Gasteiger partial charge in [-0.05, 0) is 83.4 Å². The summed E-state index contributed by atoms with van der Waals surface area (Å²) in [5.74, 6) is -0.0917. The molecule has 0 bridgehead atoms. The van der Waals surface area contributed by atoms with E-state index in [0.717, 1.165) is 82.6 Å². The number of carbonyl (C=O) groups is 1. The molecule has 8 nitrogen and oxygen atoms in total. The quantitative estimate of drug-likeness (QED) is 0.227. The number of allylic oxidation sites excluding steroid dienone is 6. The van der Waals surface area contributed by atoms with Crippen LogP contribution in [-0.2, 0) is 0 Å². The predicted molar refractivity (Wildman–Crippen MR) is 174 cm³/mol. The lowest BCUT2D eigenvalue weighted by Gasteiger charge is -2.25. The average molecular weight is 588 g/mol. The van der Waals surface area contributed by atoms with Crippen LogP contribution in [0.15, 0.2) is 53.8 Å². The normalized spacial score (nSPS) is 18.7. The standard InChI is InChI=1S/C33H45N7OS/c1-5-6-11-26(22(2)35-4)29-21-38-32(42-29)27(19-34)30(24-9-7-10-24)39-28-18-25(20-37-23(28)3)31(41)36-15-17-40-16-8-12-33(40)13-14-33/h6,11,18-21,35,39H,5,7-10,12-17,34H2,1-4H3,(H,36,41)/b11-6+,26-22+,27-19-. The summed E-state index contributed by atoms with van der Waals surface area (Å²) in [6.07, 6.45) is 18.9. The molecule has 3 heterocycles. The number of likely N-dealkylation sites (tertiary alicyclic amines) is 1. The first-order chi connectivity index (χ1) is 20.4. The number of anilines is 1. The number of hydrogen-bond acceptors (Lipinski definition) is 8. The van der Waals surface area contributed by atoms with Crippen LogP contribution in [0.3, 0.4) is 0 Å². The summed E-state index contributed by atoms with van der Waals surface area (Å²) in [6.45, 7) is 8.87. The first-order valence-corrected chi connectivity index (χ1v) is 16.1. The van der Waals surface area contributed by atoms with Gasteiger partial charge in [0.05, 0.1) is 21.8 Å². The van der Waals surface area contributed by atoms with Gasteiger partial charge in [-0.25, -0.2) is 4.98 Å². The average Bonchev–Trinajstić information content (AvgIpc) is 3.40. The van der Waals surface area contributed by atoms with Crippen molar-refractivity contribution >= 4 is 34.1 Å². The zero-order valence-corrected chi connectivity index (χ0v) is 26.3. The van der Waals surface area contributed by atoms with Gasteiger partial charge in [0.1, 0.15) is 5.01 Å². The highest BCUT2D eigenvalue weighted by Gasteiger charge is 2.50. The Kier molecular flexibility index (Phi) is 9.48. The van der Waals surface area contributed by atoms with Crippen molar-refractivity contribution in [3.8, 4) is 0 Å². The van der Waals surface area contributed by atoms with Crippen molar-refractivity contribution in [3.63, 3.8) is 0 Å². The van der Waals surface area contributed by atoms with Gasteiger partial charge >= 0.3 is 0 Å². The molecule has 1 saturated heterocycles. The molecule has 5 rings (SSSR count). The van der Waals surface area contributed by atoms with Gasteiger partial charge in [-0.2, -0.15) is 0 Å². The lowest BCUT2D eigenvalue weighted by Crippen LogP contribution is -2.38. The SMILES string of the molecule is CC/C=C/C(=C(/C)NC)c1cnc(/C(=C\N)C(Nc2cc(C(=O)NCCN3CCCC34CC4)cnc2C)=C2CCC2)s1. The number of aryl methyl sites for hydroxylation is 1. The van der Waals surface area contributed by atoms with Crippen LogP contribution < -0.4 is 21.7 Å². The third-order valence-corrected chi connectivity index (χ3v) is 9.96. The predicted octanol–water partition coefficient (Wildman–Crippen LogP) is 5.97. The Balaban J connectivity index is 1.33. The number of aromatic nitrogens is 2. The van der Waals surface area contributed by atoms with Crippen LogP contribution in [-0.4, -0.2) is 53.0 Å². The Bertz CT molecular complexity index is 1420. The summed E-state index contributed by atoms with van der Waals surface area (Å²) in [7, 11) is 1.94. The monoisotopic (exact) mass is 587 g/mol. The van der Waals surface area contributed by atoms with E-state index in [2.05, 4.69) is 51.8 Å². The number of carbonyl (C=O) groups excluding carboxylic acids is 1. The third-order valence-electron chi connectivity index (χ3n) is 8.89. The number of nitrogens with one attached hydrogen (secondary N) is 3. The van der Waals surface area contributed by atoms with Crippen LogP contribution in [0.5, 0.6) is 0 Å². The van der Waals surface area contributed by atoms with Crippen molar-refractivity contribution in [2.75, 3.05) is 32.0 Å². The zero-order valence-electron chi connectivity index (χ0n) is 25.5. The van der Waals surface area contributed by atoms with E-state index in [0.29, 0.717) is 17.6 Å². The molecule has 9 heteroatoms. The molecule has 1 aliphatic heterocycles. The molecule has 2 aromatic heterocycles. The second kappa shape index (κ2) is 13.3.